The van der Waals surface area contributed by atoms with Gasteiger partial charge in [0.15, 0.2) is 0 Å². The molecule has 0 heterocycles. The molecule has 178 valence electrons. The van der Waals surface area contributed by atoms with Crippen LogP contribution >= 0.6 is 0 Å². The Bertz CT molecular complexity index is 273. The summed E-state index contributed by atoms with van der Waals surface area (Å²) in [5, 5.41) is 0. The molecular formula is C24H56MoN4. The Morgan fingerprint density at radius 2 is 0.448 bits per heavy atom. The maximum absolute atomic E-state index is 3.05. The van der Waals surface area contributed by atoms with Crippen LogP contribution in [0.1, 0.15) is 107 Å². The summed E-state index contributed by atoms with van der Waals surface area (Å²) in [6.07, 6.45) is 10.1. The second kappa shape index (κ2) is 18.1. The molecule has 0 amide bonds. The molecule has 0 unspecified atom stereocenters. The van der Waals surface area contributed by atoms with Gasteiger partial charge in [0.1, 0.15) is 0 Å². The second-order valence-corrected chi connectivity index (χ2v) is 15.7. The minimum atomic E-state index is -2.91. The summed E-state index contributed by atoms with van der Waals surface area (Å²) in [7, 11) is 0. The summed E-state index contributed by atoms with van der Waals surface area (Å²) >= 11 is -2.91. The summed E-state index contributed by atoms with van der Waals surface area (Å²) < 4.78 is 12.2. The minimum absolute atomic E-state index is 1.26. The topological polar surface area (TPSA) is 13.0 Å². The van der Waals surface area contributed by atoms with Crippen molar-refractivity contribution in [3.63, 3.8) is 0 Å². The van der Waals surface area contributed by atoms with E-state index < -0.39 is 17.1 Å². The molecule has 0 radical (unpaired) electrons. The van der Waals surface area contributed by atoms with E-state index in [2.05, 4.69) is 69.2 Å². The molecule has 0 aromatic heterocycles. The van der Waals surface area contributed by atoms with Gasteiger partial charge in [0.05, 0.1) is 0 Å². The average Bonchev–Trinajstić information content (AvgIpc) is 2.70. The Balaban J connectivity index is 6.80. The molecule has 0 aromatic rings. The van der Waals surface area contributed by atoms with Crippen LogP contribution in [0.3, 0.4) is 0 Å². The monoisotopic (exact) mass is 498 g/mol. The molecule has 0 aromatic carbocycles. The molecule has 0 saturated carbocycles. The molecule has 0 fully saturated rings. The van der Waals surface area contributed by atoms with Crippen LogP contribution in [-0.4, -0.2) is 66.2 Å². The van der Waals surface area contributed by atoms with Gasteiger partial charge in [0.2, 0.25) is 0 Å². The molecule has 0 rings (SSSR count). The summed E-state index contributed by atoms with van der Waals surface area (Å²) in [4.78, 5) is 0. The van der Waals surface area contributed by atoms with Crippen LogP contribution in [0.4, 0.5) is 0 Å². The Hall–Kier alpha value is 0.528. The van der Waals surface area contributed by atoms with Crippen molar-refractivity contribution in [3.05, 3.63) is 0 Å². The zero-order valence-electron chi connectivity index (χ0n) is 21.5. The molecule has 29 heavy (non-hydrogen) atoms. The van der Waals surface area contributed by atoms with E-state index in [0.29, 0.717) is 0 Å². The zero-order valence-corrected chi connectivity index (χ0v) is 23.5. The van der Waals surface area contributed by atoms with Gasteiger partial charge in [-0.25, -0.2) is 0 Å². The van der Waals surface area contributed by atoms with Gasteiger partial charge < -0.3 is 0 Å². The van der Waals surface area contributed by atoms with Crippen molar-refractivity contribution in [1.82, 2.24) is 13.8 Å². The Morgan fingerprint density at radius 1 is 0.310 bits per heavy atom. The van der Waals surface area contributed by atoms with Crippen LogP contribution in [0.2, 0.25) is 0 Å². The van der Waals surface area contributed by atoms with Crippen molar-refractivity contribution >= 4 is 0 Å². The van der Waals surface area contributed by atoms with Crippen molar-refractivity contribution in [2.75, 3.05) is 52.4 Å². The fourth-order valence-electron chi connectivity index (χ4n) is 4.40. The molecule has 0 saturated heterocycles. The fraction of sp³-hybridized carbons (Fsp3) is 1.00. The van der Waals surface area contributed by atoms with Gasteiger partial charge in [-0.2, -0.15) is 0 Å². The van der Waals surface area contributed by atoms with Gasteiger partial charge in [0.25, 0.3) is 0 Å². The van der Waals surface area contributed by atoms with Crippen molar-refractivity contribution in [3.8, 4) is 0 Å². The maximum atomic E-state index is 3.05. The van der Waals surface area contributed by atoms with E-state index in [1.165, 1.54) is 104 Å². The molecule has 0 atom stereocenters. The molecular weight excluding hydrogens is 440 g/mol. The first-order valence-corrected chi connectivity index (χ1v) is 16.5. The van der Waals surface area contributed by atoms with Crippen molar-refractivity contribution in [2.24, 2.45) is 0 Å². The van der Waals surface area contributed by atoms with E-state index in [1.54, 1.807) is 0 Å². The van der Waals surface area contributed by atoms with Crippen LogP contribution in [0.5, 0.6) is 0 Å². The van der Waals surface area contributed by atoms with E-state index in [4.69, 9.17) is 0 Å². The first kappa shape index (κ1) is 29.5. The SMILES string of the molecule is CCC[N](CCC)[Mo]([N](CCC)CCC)([N](CCC)CCC)[N](CCC)CCC. The van der Waals surface area contributed by atoms with Crippen LogP contribution in [0.25, 0.3) is 0 Å². The second-order valence-electron chi connectivity index (χ2n) is 8.21. The first-order valence-electron chi connectivity index (χ1n) is 12.9. The van der Waals surface area contributed by atoms with Crippen molar-refractivity contribution < 1.29 is 17.1 Å². The van der Waals surface area contributed by atoms with Gasteiger partial charge in [-0.3, -0.25) is 0 Å². The predicted octanol–water partition coefficient (Wildman–Crippen LogP) is 6.29. The predicted molar refractivity (Wildman–Crippen MR) is 129 cm³/mol. The summed E-state index contributed by atoms with van der Waals surface area (Å²) in [5.74, 6) is 0. The summed E-state index contributed by atoms with van der Waals surface area (Å²) in [6.45, 7) is 29.1. The van der Waals surface area contributed by atoms with Gasteiger partial charge >= 0.3 is 190 Å². The average molecular weight is 497 g/mol. The van der Waals surface area contributed by atoms with Gasteiger partial charge in [0, 0.05) is 0 Å². The van der Waals surface area contributed by atoms with E-state index in [0.717, 1.165) is 0 Å². The molecule has 0 bridgehead atoms. The Kier molecular flexibility index (Phi) is 18.5. The number of nitrogens with zero attached hydrogens (tertiary/aromatic N) is 4. The standard InChI is InChI=1S/4C6H14N.Mo/c4*1-3-5-7-6-4-2;/h4*3-6H2,1-2H3;/q4*-1;+4. The third kappa shape index (κ3) is 8.53. The van der Waals surface area contributed by atoms with Crippen LogP contribution in [0, 0.1) is 0 Å². The molecule has 0 aliphatic carbocycles. The van der Waals surface area contributed by atoms with E-state index in [-0.39, 0.29) is 0 Å². The van der Waals surface area contributed by atoms with Gasteiger partial charge in [-0.15, -0.1) is 0 Å². The Labute approximate surface area is 189 Å². The molecule has 0 spiro atoms. The molecule has 0 N–H and O–H groups in total. The van der Waals surface area contributed by atoms with Crippen LogP contribution < -0.4 is 0 Å². The van der Waals surface area contributed by atoms with Crippen molar-refractivity contribution in [1.29, 1.82) is 0 Å². The molecule has 0 aliphatic heterocycles. The quantitative estimate of drug-likeness (QED) is 0.184. The summed E-state index contributed by atoms with van der Waals surface area (Å²) in [6, 6.07) is 0. The molecule has 4 nitrogen and oxygen atoms in total. The van der Waals surface area contributed by atoms with Crippen molar-refractivity contribution in [2.45, 2.75) is 107 Å². The fourth-order valence-corrected chi connectivity index (χ4v) is 17.6. The normalized spacial score (nSPS) is 13.4. The summed E-state index contributed by atoms with van der Waals surface area (Å²) in [5.41, 5.74) is 0. The van der Waals surface area contributed by atoms with Gasteiger partial charge in [-0.05, 0) is 0 Å². The van der Waals surface area contributed by atoms with Crippen LogP contribution in [0.15, 0.2) is 0 Å². The Morgan fingerprint density at radius 3 is 0.552 bits per heavy atom. The number of hydrogen-bond acceptors (Lipinski definition) is 4. The number of rotatable bonds is 20. The van der Waals surface area contributed by atoms with E-state index >= 15 is 0 Å². The zero-order chi connectivity index (χ0) is 22.1. The van der Waals surface area contributed by atoms with E-state index in [1.807, 2.05) is 0 Å². The first-order chi connectivity index (χ1) is 14.1. The molecule has 0 aliphatic rings. The number of hydrogen-bond donors (Lipinski definition) is 0. The van der Waals surface area contributed by atoms with Gasteiger partial charge in [-0.1, -0.05) is 0 Å². The molecule has 5 heteroatoms. The third-order valence-corrected chi connectivity index (χ3v) is 15.6. The van der Waals surface area contributed by atoms with E-state index in [9.17, 15) is 0 Å². The third-order valence-electron chi connectivity index (χ3n) is 5.17. The van der Waals surface area contributed by atoms with Crippen LogP contribution in [-0.2, 0) is 17.1 Å².